The molecule has 1 aliphatic heterocycles. The molecule has 1 fully saturated rings. The van der Waals surface area contributed by atoms with Crippen LogP contribution in [-0.4, -0.2) is 27.5 Å². The lowest BCUT2D eigenvalue weighted by Gasteiger charge is -2.12. The Morgan fingerprint density at radius 1 is 1.31 bits per heavy atom. The molecular weight excluding hydrogens is 366 g/mol. The monoisotopic (exact) mass is 383 g/mol. The average molecular weight is 384 g/mol. The first-order valence-corrected chi connectivity index (χ1v) is 9.29. The number of amidine groups is 1. The Morgan fingerprint density at radius 3 is 2.69 bits per heavy atom. The number of allylic oxidation sites excluding steroid dienone is 1. The van der Waals surface area contributed by atoms with Crippen molar-refractivity contribution in [2.24, 2.45) is 4.99 Å². The zero-order chi connectivity index (χ0) is 18.7. The Morgan fingerprint density at radius 2 is 2.04 bits per heavy atom. The van der Waals surface area contributed by atoms with E-state index in [4.69, 9.17) is 11.6 Å². The van der Waals surface area contributed by atoms with Crippen LogP contribution >= 0.6 is 23.4 Å². The topological polar surface area (TPSA) is 45.6 Å². The maximum Gasteiger partial charge on any atom is 0.267 e. The highest BCUT2D eigenvalue weighted by molar-refractivity contribution is 8.18. The normalized spacial score (nSPS) is 17.7. The average Bonchev–Trinajstić information content (AvgIpc) is 2.92. The lowest BCUT2D eigenvalue weighted by Crippen LogP contribution is -2.29. The third kappa shape index (κ3) is 3.89. The van der Waals surface area contributed by atoms with E-state index in [-0.39, 0.29) is 5.91 Å². The molecule has 0 spiro atoms. The van der Waals surface area contributed by atoms with Crippen molar-refractivity contribution in [3.05, 3.63) is 76.3 Å². The van der Waals surface area contributed by atoms with Gasteiger partial charge in [0, 0.05) is 17.3 Å². The Labute approximate surface area is 162 Å². The van der Waals surface area contributed by atoms with Crippen molar-refractivity contribution in [2.75, 3.05) is 6.54 Å². The van der Waals surface area contributed by atoms with E-state index in [1.54, 1.807) is 11.0 Å². The van der Waals surface area contributed by atoms with Crippen molar-refractivity contribution in [3.8, 4) is 0 Å². The van der Waals surface area contributed by atoms with Crippen molar-refractivity contribution in [1.82, 2.24) is 9.88 Å². The number of benzene rings is 1. The number of nitrogens with zero attached hydrogens (tertiary/aromatic N) is 3. The van der Waals surface area contributed by atoms with Gasteiger partial charge in [-0.3, -0.25) is 9.69 Å². The Kier molecular flexibility index (Phi) is 5.59. The van der Waals surface area contributed by atoms with Crippen LogP contribution in [0.5, 0.6) is 0 Å². The zero-order valence-corrected chi connectivity index (χ0v) is 16.1. The van der Waals surface area contributed by atoms with Gasteiger partial charge >= 0.3 is 0 Å². The van der Waals surface area contributed by atoms with Gasteiger partial charge in [-0.1, -0.05) is 35.9 Å². The summed E-state index contributed by atoms with van der Waals surface area (Å²) >= 11 is 7.32. The summed E-state index contributed by atoms with van der Waals surface area (Å²) in [5.74, 6) is 0.508. The molecule has 4 nitrogen and oxygen atoms in total. The van der Waals surface area contributed by atoms with Crippen molar-refractivity contribution in [3.63, 3.8) is 0 Å². The van der Waals surface area contributed by atoms with Crippen molar-refractivity contribution in [2.45, 2.75) is 13.8 Å². The van der Waals surface area contributed by atoms with Gasteiger partial charge in [0.05, 0.1) is 4.91 Å². The molecule has 0 radical (unpaired) electrons. The minimum Gasteiger partial charge on any atom is -0.282 e. The number of aliphatic imine (C=N–C) groups is 1. The van der Waals surface area contributed by atoms with Gasteiger partial charge in [-0.25, -0.2) is 9.98 Å². The second-order valence-corrected chi connectivity index (χ2v) is 7.21. The van der Waals surface area contributed by atoms with E-state index in [1.165, 1.54) is 11.8 Å². The Hall–Kier alpha value is -2.37. The number of carbonyl (C=O) groups excluding carboxylic acids is 1. The summed E-state index contributed by atoms with van der Waals surface area (Å²) in [5, 5.41) is 1.27. The first-order valence-electron chi connectivity index (χ1n) is 8.09. The molecule has 1 saturated heterocycles. The van der Waals surface area contributed by atoms with Crippen LogP contribution in [0, 0.1) is 6.92 Å². The minimum absolute atomic E-state index is 0.0752. The first kappa shape index (κ1) is 18.4. The van der Waals surface area contributed by atoms with Crippen LogP contribution in [0.1, 0.15) is 18.2 Å². The summed E-state index contributed by atoms with van der Waals surface area (Å²) in [7, 11) is 0. The van der Waals surface area contributed by atoms with E-state index in [0.29, 0.717) is 27.5 Å². The van der Waals surface area contributed by atoms with Gasteiger partial charge < -0.3 is 0 Å². The quantitative estimate of drug-likeness (QED) is 0.536. The second kappa shape index (κ2) is 7.89. The van der Waals surface area contributed by atoms with E-state index in [2.05, 4.69) is 16.6 Å². The summed E-state index contributed by atoms with van der Waals surface area (Å²) in [6.45, 7) is 7.99. The van der Waals surface area contributed by atoms with Gasteiger partial charge in [-0.05, 0) is 61.0 Å². The van der Waals surface area contributed by atoms with Crippen molar-refractivity contribution < 1.29 is 4.79 Å². The molecule has 0 aliphatic carbocycles. The molecule has 132 valence electrons. The molecule has 1 aromatic heterocycles. The molecule has 3 rings (SSSR count). The van der Waals surface area contributed by atoms with Crippen LogP contribution in [0.15, 0.2) is 65.0 Å². The van der Waals surface area contributed by atoms with E-state index < -0.39 is 0 Å². The van der Waals surface area contributed by atoms with E-state index in [0.717, 1.165) is 16.8 Å². The van der Waals surface area contributed by atoms with Gasteiger partial charge in [-0.2, -0.15) is 0 Å². The highest BCUT2D eigenvalue weighted by Crippen LogP contribution is 2.37. The van der Waals surface area contributed by atoms with Gasteiger partial charge in [0.2, 0.25) is 0 Å². The minimum atomic E-state index is -0.0752. The van der Waals surface area contributed by atoms with Gasteiger partial charge in [0.15, 0.2) is 11.0 Å². The molecule has 2 heterocycles. The van der Waals surface area contributed by atoms with Crippen LogP contribution in [0.3, 0.4) is 0 Å². The lowest BCUT2D eigenvalue weighted by atomic mass is 10.1. The predicted octanol–water partition coefficient (Wildman–Crippen LogP) is 5.22. The van der Waals surface area contributed by atoms with Crippen LogP contribution in [0.25, 0.3) is 5.57 Å². The largest absolute Gasteiger partial charge is 0.282 e. The van der Waals surface area contributed by atoms with Gasteiger partial charge in [-0.15, -0.1) is 6.58 Å². The SMILES string of the molecule is C=CCN1C(=O)/C(=C(\C)c2ccc(Cl)cc2)S/C1=N/c1cccc(C)n1. The van der Waals surface area contributed by atoms with Crippen LogP contribution < -0.4 is 0 Å². The fourth-order valence-electron chi connectivity index (χ4n) is 2.53. The van der Waals surface area contributed by atoms with E-state index in [9.17, 15) is 4.79 Å². The fourth-order valence-corrected chi connectivity index (χ4v) is 3.71. The highest BCUT2D eigenvalue weighted by Gasteiger charge is 2.34. The molecule has 1 aromatic carbocycles. The maximum absolute atomic E-state index is 12.9. The molecule has 0 saturated carbocycles. The number of thioether (sulfide) groups is 1. The number of hydrogen-bond donors (Lipinski definition) is 0. The molecule has 0 unspecified atom stereocenters. The number of halogens is 1. The molecular formula is C20H18ClN3OS. The smallest absolute Gasteiger partial charge is 0.267 e. The van der Waals surface area contributed by atoms with Gasteiger partial charge in [0.25, 0.3) is 5.91 Å². The number of rotatable bonds is 4. The molecule has 6 heteroatoms. The summed E-state index contributed by atoms with van der Waals surface area (Å²) in [5.41, 5.74) is 2.73. The number of hydrogen-bond acceptors (Lipinski definition) is 4. The molecule has 0 bridgehead atoms. The van der Waals surface area contributed by atoms with Gasteiger partial charge in [0.1, 0.15) is 0 Å². The highest BCUT2D eigenvalue weighted by atomic mass is 35.5. The Balaban J connectivity index is 2.02. The second-order valence-electron chi connectivity index (χ2n) is 5.80. The van der Waals surface area contributed by atoms with E-state index >= 15 is 0 Å². The molecule has 0 atom stereocenters. The number of carbonyl (C=O) groups is 1. The molecule has 1 amide bonds. The van der Waals surface area contributed by atoms with Crippen LogP contribution in [-0.2, 0) is 4.79 Å². The van der Waals surface area contributed by atoms with E-state index in [1.807, 2.05) is 56.3 Å². The number of aryl methyl sites for hydroxylation is 1. The summed E-state index contributed by atoms with van der Waals surface area (Å²) in [6.07, 6.45) is 1.69. The number of amides is 1. The maximum atomic E-state index is 12.9. The first-order chi connectivity index (χ1) is 12.5. The third-order valence-corrected chi connectivity index (χ3v) is 5.31. The fraction of sp³-hybridized carbons (Fsp3) is 0.150. The van der Waals surface area contributed by atoms with Crippen LogP contribution in [0.2, 0.25) is 5.02 Å². The molecule has 0 N–H and O–H groups in total. The standard InChI is InChI=1S/C20H18ClN3OS/c1-4-12-24-19(25)18(14(3)15-8-10-16(21)11-9-15)26-20(24)23-17-7-5-6-13(2)22-17/h4-11H,1,12H2,2-3H3/b18-14-,23-20+. The van der Waals surface area contributed by atoms with Crippen molar-refractivity contribution in [1.29, 1.82) is 0 Å². The summed E-state index contributed by atoms with van der Waals surface area (Å²) < 4.78 is 0. The Bertz CT molecular complexity index is 919. The predicted molar refractivity (Wildman–Crippen MR) is 110 cm³/mol. The van der Waals surface area contributed by atoms with Crippen LogP contribution in [0.4, 0.5) is 5.82 Å². The third-order valence-electron chi connectivity index (χ3n) is 3.88. The van der Waals surface area contributed by atoms with Crippen molar-refractivity contribution >= 4 is 45.8 Å². The zero-order valence-electron chi connectivity index (χ0n) is 14.6. The number of aromatic nitrogens is 1. The molecule has 2 aromatic rings. The lowest BCUT2D eigenvalue weighted by molar-refractivity contribution is -0.121. The molecule has 26 heavy (non-hydrogen) atoms. The number of pyridine rings is 1. The molecule has 1 aliphatic rings. The summed E-state index contributed by atoms with van der Waals surface area (Å²) in [6, 6.07) is 13.1. The summed E-state index contributed by atoms with van der Waals surface area (Å²) in [4.78, 5) is 24.2.